The molecule has 0 bridgehead atoms. The highest BCUT2D eigenvalue weighted by Crippen LogP contribution is 2.21. The van der Waals surface area contributed by atoms with E-state index < -0.39 is 0 Å². The van der Waals surface area contributed by atoms with Gasteiger partial charge in [0.25, 0.3) is 0 Å². The van der Waals surface area contributed by atoms with Crippen LogP contribution >= 0.6 is 0 Å². The molecule has 0 saturated heterocycles. The predicted molar refractivity (Wildman–Crippen MR) is 82.4 cm³/mol. The van der Waals surface area contributed by atoms with Gasteiger partial charge < -0.3 is 20.7 Å². The number of benzene rings is 1. The van der Waals surface area contributed by atoms with Crippen molar-refractivity contribution in [2.45, 2.75) is 33.4 Å². The van der Waals surface area contributed by atoms with Crippen LogP contribution in [-0.4, -0.2) is 11.0 Å². The molecule has 2 aromatic rings. The Morgan fingerprint density at radius 3 is 2.52 bits per heavy atom. The summed E-state index contributed by atoms with van der Waals surface area (Å²) in [6.45, 7) is 6.78. The summed E-state index contributed by atoms with van der Waals surface area (Å²) in [5.41, 5.74) is 8.55. The van der Waals surface area contributed by atoms with Crippen LogP contribution in [0.3, 0.4) is 0 Å². The van der Waals surface area contributed by atoms with E-state index in [-0.39, 0.29) is 11.9 Å². The van der Waals surface area contributed by atoms with E-state index in [0.29, 0.717) is 5.56 Å². The second-order valence-corrected chi connectivity index (χ2v) is 5.15. The smallest absolute Gasteiger partial charge is 0.170 e. The Hall–Kier alpha value is -2.27. The molecule has 5 nitrogen and oxygen atoms in total. The number of hydrogen-bond donors (Lipinski definition) is 3. The molecule has 112 valence electrons. The fourth-order valence-corrected chi connectivity index (χ4v) is 2.31. The van der Waals surface area contributed by atoms with E-state index in [9.17, 15) is 0 Å². The van der Waals surface area contributed by atoms with Crippen molar-refractivity contribution in [2.75, 3.05) is 0 Å². The lowest BCUT2D eigenvalue weighted by Crippen LogP contribution is -2.18. The van der Waals surface area contributed by atoms with Gasteiger partial charge in [-0.1, -0.05) is 29.4 Å². The number of oxime groups is 1. The molecule has 5 heteroatoms. The summed E-state index contributed by atoms with van der Waals surface area (Å²) in [6, 6.07) is 9.87. The van der Waals surface area contributed by atoms with Gasteiger partial charge in [0.2, 0.25) is 0 Å². The molecule has 1 aromatic heterocycles. The fraction of sp³-hybridized carbons (Fsp3) is 0.312. The molecule has 0 spiro atoms. The first-order chi connectivity index (χ1) is 10.0. The van der Waals surface area contributed by atoms with Crippen LogP contribution in [0.15, 0.2) is 39.9 Å². The number of amidine groups is 1. The Balaban J connectivity index is 1.98. The summed E-state index contributed by atoms with van der Waals surface area (Å²) >= 11 is 0. The Kier molecular flexibility index (Phi) is 4.65. The van der Waals surface area contributed by atoms with E-state index in [1.807, 2.05) is 38.1 Å². The number of nitrogens with zero attached hydrogens (tertiary/aromatic N) is 1. The SMILES string of the molecule is Cc1cc(C(C)NCc2ccc(C(N)=NO)cc2)c(C)o1. The first-order valence-electron chi connectivity index (χ1n) is 6.88. The lowest BCUT2D eigenvalue weighted by molar-refractivity contribution is 0.318. The standard InChI is InChI=1S/C16H21N3O2/c1-10-8-15(12(3)21-10)11(2)18-9-13-4-6-14(7-5-13)16(17)19-20/h4-8,11,18,20H,9H2,1-3H3,(H2,17,19). The van der Waals surface area contributed by atoms with Crippen LogP contribution in [0.4, 0.5) is 0 Å². The van der Waals surface area contributed by atoms with Gasteiger partial charge in [-0.15, -0.1) is 0 Å². The average Bonchev–Trinajstić information content (AvgIpc) is 2.83. The molecule has 2 rings (SSSR count). The van der Waals surface area contributed by atoms with E-state index in [0.717, 1.165) is 23.6 Å². The number of nitrogens with one attached hydrogen (secondary N) is 1. The lowest BCUT2D eigenvalue weighted by Gasteiger charge is -2.13. The Morgan fingerprint density at radius 1 is 1.33 bits per heavy atom. The maximum atomic E-state index is 8.63. The monoisotopic (exact) mass is 287 g/mol. The van der Waals surface area contributed by atoms with Crippen LogP contribution in [-0.2, 0) is 6.54 Å². The van der Waals surface area contributed by atoms with Crippen LogP contribution in [0, 0.1) is 13.8 Å². The van der Waals surface area contributed by atoms with Crippen molar-refractivity contribution in [3.05, 3.63) is 58.5 Å². The molecule has 0 aliphatic heterocycles. The molecule has 0 fully saturated rings. The van der Waals surface area contributed by atoms with E-state index >= 15 is 0 Å². The molecule has 0 aliphatic carbocycles. The number of furan rings is 1. The minimum Gasteiger partial charge on any atom is -0.466 e. The third-order valence-electron chi connectivity index (χ3n) is 3.52. The van der Waals surface area contributed by atoms with Crippen molar-refractivity contribution in [1.82, 2.24) is 5.32 Å². The molecule has 1 atom stereocenters. The maximum absolute atomic E-state index is 8.63. The van der Waals surface area contributed by atoms with Gasteiger partial charge in [0, 0.05) is 23.7 Å². The van der Waals surface area contributed by atoms with Crippen molar-refractivity contribution in [3.63, 3.8) is 0 Å². The topological polar surface area (TPSA) is 83.8 Å². The average molecular weight is 287 g/mol. The molecule has 0 saturated carbocycles. The first-order valence-corrected chi connectivity index (χ1v) is 6.88. The third kappa shape index (κ3) is 3.64. The molecule has 0 radical (unpaired) electrons. The zero-order chi connectivity index (χ0) is 15.4. The van der Waals surface area contributed by atoms with Crippen molar-refractivity contribution < 1.29 is 9.62 Å². The minimum absolute atomic E-state index is 0.118. The fourth-order valence-electron chi connectivity index (χ4n) is 2.31. The van der Waals surface area contributed by atoms with E-state index in [1.54, 1.807) is 0 Å². The highest BCUT2D eigenvalue weighted by molar-refractivity contribution is 5.96. The zero-order valence-electron chi connectivity index (χ0n) is 12.6. The Bertz CT molecular complexity index is 629. The second-order valence-electron chi connectivity index (χ2n) is 5.15. The third-order valence-corrected chi connectivity index (χ3v) is 3.52. The van der Waals surface area contributed by atoms with Crippen LogP contribution in [0.2, 0.25) is 0 Å². The van der Waals surface area contributed by atoms with Crippen LogP contribution in [0.25, 0.3) is 0 Å². The maximum Gasteiger partial charge on any atom is 0.170 e. The summed E-state index contributed by atoms with van der Waals surface area (Å²) in [5.74, 6) is 2.00. The van der Waals surface area contributed by atoms with Gasteiger partial charge in [0.15, 0.2) is 5.84 Å². The van der Waals surface area contributed by atoms with Crippen molar-refractivity contribution in [3.8, 4) is 0 Å². The highest BCUT2D eigenvalue weighted by atomic mass is 16.4. The van der Waals surface area contributed by atoms with Crippen LogP contribution < -0.4 is 11.1 Å². The minimum atomic E-state index is 0.118. The van der Waals surface area contributed by atoms with Gasteiger partial charge in [-0.2, -0.15) is 0 Å². The zero-order valence-corrected chi connectivity index (χ0v) is 12.6. The quantitative estimate of drug-likeness (QED) is 0.342. The van der Waals surface area contributed by atoms with E-state index in [1.165, 1.54) is 5.56 Å². The van der Waals surface area contributed by atoms with Crippen LogP contribution in [0.1, 0.15) is 41.2 Å². The summed E-state index contributed by atoms with van der Waals surface area (Å²) in [7, 11) is 0. The largest absolute Gasteiger partial charge is 0.466 e. The van der Waals surface area contributed by atoms with Gasteiger partial charge in [-0.25, -0.2) is 0 Å². The van der Waals surface area contributed by atoms with Gasteiger partial charge in [-0.05, 0) is 32.4 Å². The molecule has 1 heterocycles. The van der Waals surface area contributed by atoms with Crippen molar-refractivity contribution in [2.24, 2.45) is 10.9 Å². The van der Waals surface area contributed by atoms with Gasteiger partial charge >= 0.3 is 0 Å². The normalized spacial score (nSPS) is 13.4. The number of hydrogen-bond acceptors (Lipinski definition) is 4. The summed E-state index contributed by atoms with van der Waals surface area (Å²) < 4.78 is 5.55. The summed E-state index contributed by atoms with van der Waals surface area (Å²) in [6.07, 6.45) is 0. The number of aryl methyl sites for hydroxylation is 2. The Labute approximate surface area is 124 Å². The summed E-state index contributed by atoms with van der Waals surface area (Å²) in [4.78, 5) is 0. The molecule has 1 aromatic carbocycles. The van der Waals surface area contributed by atoms with E-state index in [4.69, 9.17) is 15.4 Å². The van der Waals surface area contributed by atoms with Crippen molar-refractivity contribution in [1.29, 1.82) is 0 Å². The second kappa shape index (κ2) is 6.45. The van der Waals surface area contributed by atoms with Crippen molar-refractivity contribution >= 4 is 5.84 Å². The molecule has 21 heavy (non-hydrogen) atoms. The predicted octanol–water partition coefficient (Wildman–Crippen LogP) is 2.84. The number of rotatable bonds is 5. The van der Waals surface area contributed by atoms with Gasteiger partial charge in [0.1, 0.15) is 11.5 Å². The number of nitrogens with two attached hydrogens (primary N) is 1. The molecule has 4 N–H and O–H groups in total. The van der Waals surface area contributed by atoms with Crippen LogP contribution in [0.5, 0.6) is 0 Å². The molecule has 1 unspecified atom stereocenters. The molecule has 0 amide bonds. The molecule has 0 aliphatic rings. The first kappa shape index (κ1) is 15.1. The molecular weight excluding hydrogens is 266 g/mol. The Morgan fingerprint density at radius 2 is 2.00 bits per heavy atom. The van der Waals surface area contributed by atoms with Gasteiger partial charge in [0.05, 0.1) is 0 Å². The summed E-state index contributed by atoms with van der Waals surface area (Å²) in [5, 5.41) is 15.1. The molecular formula is C16H21N3O2. The highest BCUT2D eigenvalue weighted by Gasteiger charge is 2.12. The van der Waals surface area contributed by atoms with Gasteiger partial charge in [-0.3, -0.25) is 0 Å². The van der Waals surface area contributed by atoms with E-state index in [2.05, 4.69) is 23.5 Å². The lowest BCUT2D eigenvalue weighted by atomic mass is 10.1.